The summed E-state index contributed by atoms with van der Waals surface area (Å²) in [5.74, 6) is 7.02. The number of carbonyl (C=O) groups is 2. The topological polar surface area (TPSA) is 49.9 Å². The lowest BCUT2D eigenvalue weighted by atomic mass is 9.73. The van der Waals surface area contributed by atoms with Gasteiger partial charge in [-0.05, 0) is 17.7 Å². The van der Waals surface area contributed by atoms with E-state index >= 15 is 0 Å². The first-order chi connectivity index (χ1) is 17.1. The third kappa shape index (κ3) is 4.22. The number of fused-ring (bicyclic) bond motifs is 1. The number of ketones is 2. The van der Waals surface area contributed by atoms with Gasteiger partial charge in [0.2, 0.25) is 0 Å². The Morgan fingerprint density at radius 1 is 0.800 bits per heavy atom. The Morgan fingerprint density at radius 2 is 1.46 bits per heavy atom. The second-order valence-electron chi connectivity index (χ2n) is 8.97. The molecule has 5 heteroatoms. The minimum absolute atomic E-state index is 0.148. The zero-order valence-electron chi connectivity index (χ0n) is 19.9. The fourth-order valence-corrected chi connectivity index (χ4v) is 5.02. The molecule has 0 aromatic heterocycles. The second kappa shape index (κ2) is 9.77. The van der Waals surface area contributed by atoms with Crippen LogP contribution in [-0.2, 0) is 5.41 Å². The van der Waals surface area contributed by atoms with E-state index < -0.39 is 5.41 Å². The van der Waals surface area contributed by atoms with Gasteiger partial charge in [-0.2, -0.15) is 0 Å². The number of Topliss-reactive ketones (excluding diaryl/α,β-unsaturated/α-hetero) is 2. The van der Waals surface area contributed by atoms with Gasteiger partial charge in [0.25, 0.3) is 0 Å². The summed E-state index contributed by atoms with van der Waals surface area (Å²) in [6, 6.07) is 24.6. The van der Waals surface area contributed by atoms with Crippen molar-refractivity contribution in [3.63, 3.8) is 0 Å². The number of hydrogen-bond donors (Lipinski definition) is 0. The largest absolute Gasteiger partial charge is 0.497 e. The average molecular weight is 465 g/mol. The maximum absolute atomic E-state index is 13.5. The zero-order valence-corrected chi connectivity index (χ0v) is 19.9. The molecule has 5 rings (SSSR count). The summed E-state index contributed by atoms with van der Waals surface area (Å²) in [7, 11) is 1.68. The lowest BCUT2D eigenvalue weighted by Gasteiger charge is -2.35. The predicted molar refractivity (Wildman–Crippen MR) is 137 cm³/mol. The number of anilines is 1. The molecule has 0 amide bonds. The molecule has 3 aromatic rings. The molecule has 1 saturated heterocycles. The van der Waals surface area contributed by atoms with E-state index in [1.54, 1.807) is 19.2 Å². The number of rotatable bonds is 5. The molecule has 0 spiro atoms. The predicted octanol–water partition coefficient (Wildman–Crippen LogP) is 4.23. The van der Waals surface area contributed by atoms with Crippen molar-refractivity contribution < 1.29 is 14.3 Å². The molecule has 1 aliphatic heterocycles. The maximum atomic E-state index is 13.5. The van der Waals surface area contributed by atoms with Gasteiger partial charge < -0.3 is 9.64 Å². The van der Waals surface area contributed by atoms with Gasteiger partial charge in [0.15, 0.2) is 11.6 Å². The zero-order chi connectivity index (χ0) is 24.3. The highest BCUT2D eigenvalue weighted by atomic mass is 16.5. The van der Waals surface area contributed by atoms with Crippen LogP contribution in [0.15, 0.2) is 78.9 Å². The molecule has 1 aliphatic carbocycles. The van der Waals surface area contributed by atoms with E-state index in [9.17, 15) is 9.59 Å². The Labute approximate surface area is 206 Å². The number of methoxy groups -OCH3 is 1. The molecular weight excluding hydrogens is 436 g/mol. The molecule has 0 N–H and O–H groups in total. The summed E-state index contributed by atoms with van der Waals surface area (Å²) in [6.45, 7) is 4.24. The fourth-order valence-electron chi connectivity index (χ4n) is 5.02. The van der Waals surface area contributed by atoms with Crippen LogP contribution in [0.5, 0.6) is 5.75 Å². The summed E-state index contributed by atoms with van der Waals surface area (Å²) >= 11 is 0. The molecule has 35 heavy (non-hydrogen) atoms. The van der Waals surface area contributed by atoms with Gasteiger partial charge in [-0.1, -0.05) is 66.6 Å². The van der Waals surface area contributed by atoms with Crippen molar-refractivity contribution in [2.75, 3.05) is 44.7 Å². The van der Waals surface area contributed by atoms with Crippen molar-refractivity contribution in [1.82, 2.24) is 4.90 Å². The molecule has 0 bridgehead atoms. The van der Waals surface area contributed by atoms with Gasteiger partial charge in [-0.3, -0.25) is 14.5 Å². The van der Waals surface area contributed by atoms with Crippen LogP contribution in [0, 0.1) is 11.8 Å². The van der Waals surface area contributed by atoms with E-state index in [0.29, 0.717) is 23.2 Å². The van der Waals surface area contributed by atoms with Crippen LogP contribution in [0.4, 0.5) is 5.69 Å². The van der Waals surface area contributed by atoms with Crippen molar-refractivity contribution in [1.29, 1.82) is 0 Å². The highest BCUT2D eigenvalue weighted by Crippen LogP contribution is 2.42. The number of ether oxygens (including phenoxy) is 1. The van der Waals surface area contributed by atoms with Gasteiger partial charge in [0.05, 0.1) is 13.7 Å². The Morgan fingerprint density at radius 3 is 2.11 bits per heavy atom. The summed E-state index contributed by atoms with van der Waals surface area (Å²) in [5, 5.41) is 0. The van der Waals surface area contributed by atoms with Gasteiger partial charge >= 0.3 is 0 Å². The Balaban J connectivity index is 1.28. The molecule has 176 valence electrons. The third-order valence-corrected chi connectivity index (χ3v) is 7.03. The number of hydrogen-bond acceptors (Lipinski definition) is 5. The van der Waals surface area contributed by atoms with Gasteiger partial charge in [0, 0.05) is 55.5 Å². The quantitative estimate of drug-likeness (QED) is 0.418. The fraction of sp³-hybridized carbons (Fsp3) is 0.267. The lowest BCUT2D eigenvalue weighted by Crippen LogP contribution is -2.46. The van der Waals surface area contributed by atoms with Gasteiger partial charge in [0.1, 0.15) is 11.2 Å². The summed E-state index contributed by atoms with van der Waals surface area (Å²) in [5.41, 5.74) is 1.61. The third-order valence-electron chi connectivity index (χ3n) is 7.03. The molecule has 1 heterocycles. The molecule has 0 radical (unpaired) electrons. The van der Waals surface area contributed by atoms with Crippen LogP contribution in [0.3, 0.4) is 0 Å². The van der Waals surface area contributed by atoms with Gasteiger partial charge in [-0.15, -0.1) is 5.92 Å². The van der Waals surface area contributed by atoms with Crippen molar-refractivity contribution >= 4 is 17.3 Å². The first-order valence-electron chi connectivity index (χ1n) is 11.9. The van der Waals surface area contributed by atoms with Gasteiger partial charge in [-0.25, -0.2) is 0 Å². The van der Waals surface area contributed by atoms with E-state index in [4.69, 9.17) is 4.74 Å². The van der Waals surface area contributed by atoms with Crippen molar-refractivity contribution in [2.45, 2.75) is 11.8 Å². The first kappa shape index (κ1) is 22.9. The smallest absolute Gasteiger partial charge is 0.182 e. The average Bonchev–Trinajstić information content (AvgIpc) is 3.14. The molecule has 0 atom stereocenters. The lowest BCUT2D eigenvalue weighted by molar-refractivity contribution is 0.0797. The van der Waals surface area contributed by atoms with Crippen LogP contribution in [0.2, 0.25) is 0 Å². The summed E-state index contributed by atoms with van der Waals surface area (Å²) in [4.78, 5) is 31.7. The SMILES string of the molecule is COc1cccc(N2CCN(CC#CCC3(c4ccccc4)C(=O)c4ccccc4C3=O)CC2)c1. The van der Waals surface area contributed by atoms with Crippen molar-refractivity contribution in [3.05, 3.63) is 95.6 Å². The van der Waals surface area contributed by atoms with Crippen LogP contribution >= 0.6 is 0 Å². The standard InChI is InChI=1S/C30H28N2O3/c1-35-25-13-9-12-24(22-25)32-20-18-31(19-21-32)17-8-7-16-30(23-10-3-2-4-11-23)28(33)26-14-5-6-15-27(26)29(30)34/h2-6,9-15,22H,16-21H2,1H3. The Bertz CT molecular complexity index is 1260. The van der Waals surface area contributed by atoms with Crippen LogP contribution in [0.25, 0.3) is 0 Å². The van der Waals surface area contributed by atoms with Crippen LogP contribution < -0.4 is 9.64 Å². The molecule has 5 nitrogen and oxygen atoms in total. The first-order valence-corrected chi connectivity index (χ1v) is 11.9. The van der Waals surface area contributed by atoms with E-state index in [-0.39, 0.29) is 18.0 Å². The molecule has 1 fully saturated rings. The van der Waals surface area contributed by atoms with E-state index in [0.717, 1.165) is 37.6 Å². The number of nitrogens with zero attached hydrogens (tertiary/aromatic N) is 2. The molecule has 0 saturated carbocycles. The van der Waals surface area contributed by atoms with E-state index in [2.05, 4.69) is 33.8 Å². The Kier molecular flexibility index (Phi) is 6.39. The summed E-state index contributed by atoms with van der Waals surface area (Å²) < 4.78 is 5.35. The highest BCUT2D eigenvalue weighted by Gasteiger charge is 2.53. The monoisotopic (exact) mass is 464 g/mol. The normalized spacial score (nSPS) is 17.0. The maximum Gasteiger partial charge on any atom is 0.182 e. The molecule has 0 unspecified atom stereocenters. The van der Waals surface area contributed by atoms with E-state index in [1.165, 1.54) is 0 Å². The molecular formula is C30H28N2O3. The number of piperazine rings is 1. The Hall–Kier alpha value is -3.88. The molecule has 2 aliphatic rings. The number of benzene rings is 3. The highest BCUT2D eigenvalue weighted by molar-refractivity contribution is 6.33. The minimum atomic E-state index is -1.26. The minimum Gasteiger partial charge on any atom is -0.497 e. The van der Waals surface area contributed by atoms with Crippen molar-refractivity contribution in [2.24, 2.45) is 0 Å². The molecule has 3 aromatic carbocycles. The van der Waals surface area contributed by atoms with Crippen molar-refractivity contribution in [3.8, 4) is 17.6 Å². The van der Waals surface area contributed by atoms with Crippen LogP contribution in [-0.4, -0.2) is 56.3 Å². The number of carbonyl (C=O) groups excluding carboxylic acids is 2. The summed E-state index contributed by atoms with van der Waals surface area (Å²) in [6.07, 6.45) is 0.188. The van der Waals surface area contributed by atoms with Crippen LogP contribution in [0.1, 0.15) is 32.7 Å². The van der Waals surface area contributed by atoms with E-state index in [1.807, 2.05) is 54.6 Å². The second-order valence-corrected chi connectivity index (χ2v) is 8.97.